The zero-order valence-electron chi connectivity index (χ0n) is 3.88. The van der Waals surface area contributed by atoms with Gasteiger partial charge in [-0.25, -0.2) is 0 Å². The van der Waals surface area contributed by atoms with Crippen molar-refractivity contribution in [1.82, 2.24) is 0 Å². The zero-order chi connectivity index (χ0) is 5.28. The standard InChI is InChI=1S/C3H5NOS2/c1-3-4-5-7(2)6-3/h2H2,1H3. The molecule has 4 heteroatoms. The molecule has 1 unspecified atom stereocenters. The van der Waals surface area contributed by atoms with Crippen molar-refractivity contribution in [2.24, 2.45) is 5.16 Å². The molecule has 0 saturated heterocycles. The molecule has 0 aromatic heterocycles. The van der Waals surface area contributed by atoms with E-state index in [9.17, 15) is 0 Å². The van der Waals surface area contributed by atoms with Gasteiger partial charge in [0, 0.05) is 0 Å². The van der Waals surface area contributed by atoms with Crippen molar-refractivity contribution in [2.45, 2.75) is 6.92 Å². The van der Waals surface area contributed by atoms with Crippen LogP contribution in [-0.2, 0) is 4.28 Å². The first-order chi connectivity index (χ1) is 3.29. The molecule has 0 fully saturated rings. The molecule has 1 aliphatic heterocycles. The quantitative estimate of drug-likeness (QED) is 0.372. The lowest BCUT2D eigenvalue weighted by molar-refractivity contribution is 0.415. The smallest absolute Gasteiger partial charge is 0.124 e. The second kappa shape index (κ2) is 1.88. The van der Waals surface area contributed by atoms with Crippen LogP contribution in [0.4, 0.5) is 0 Å². The molecule has 2 nitrogen and oxygen atoms in total. The Labute approximate surface area is 48.5 Å². The van der Waals surface area contributed by atoms with E-state index in [1.807, 2.05) is 6.92 Å². The highest BCUT2D eigenvalue weighted by Gasteiger charge is 2.04. The van der Waals surface area contributed by atoms with Crippen LogP contribution in [-0.4, -0.2) is 10.9 Å². The van der Waals surface area contributed by atoms with E-state index in [-0.39, 0.29) is 9.80 Å². The summed E-state index contributed by atoms with van der Waals surface area (Å²) in [7, 11) is 1.32. The third kappa shape index (κ3) is 1.21. The Hall–Kier alpha value is 0.0400. The van der Waals surface area contributed by atoms with Crippen LogP contribution in [0.2, 0.25) is 0 Å². The van der Waals surface area contributed by atoms with Crippen molar-refractivity contribution in [3.05, 3.63) is 0 Å². The van der Waals surface area contributed by atoms with Crippen molar-refractivity contribution in [3.8, 4) is 0 Å². The first-order valence-electron chi connectivity index (χ1n) is 1.73. The minimum atomic E-state index is -0.240. The van der Waals surface area contributed by atoms with Gasteiger partial charge in [0.1, 0.15) is 5.04 Å². The molecular formula is C3H5NOS2. The topological polar surface area (TPSA) is 21.6 Å². The first-order valence-corrected chi connectivity index (χ1v) is 4.38. The van der Waals surface area contributed by atoms with Crippen LogP contribution in [0.25, 0.3) is 0 Å². The van der Waals surface area contributed by atoms with Gasteiger partial charge in [-0.1, -0.05) is 5.16 Å². The summed E-state index contributed by atoms with van der Waals surface area (Å²) in [6, 6.07) is 0. The first kappa shape index (κ1) is 5.18. The summed E-state index contributed by atoms with van der Waals surface area (Å²) >= 11 is 0. The molecule has 0 aromatic carbocycles. The number of hydrogen-bond acceptors (Lipinski definition) is 3. The lowest BCUT2D eigenvalue weighted by atomic mass is 10.9. The van der Waals surface area contributed by atoms with Gasteiger partial charge in [0.2, 0.25) is 0 Å². The SMILES string of the molecule is C=S1ON=C(C)S1. The van der Waals surface area contributed by atoms with Crippen LogP contribution in [0.15, 0.2) is 5.16 Å². The van der Waals surface area contributed by atoms with Crippen LogP contribution < -0.4 is 0 Å². The van der Waals surface area contributed by atoms with Gasteiger partial charge in [0.25, 0.3) is 0 Å². The van der Waals surface area contributed by atoms with E-state index in [0.29, 0.717) is 0 Å². The fourth-order valence-corrected chi connectivity index (χ4v) is 1.95. The average molecular weight is 135 g/mol. The third-order valence-electron chi connectivity index (χ3n) is 0.463. The summed E-state index contributed by atoms with van der Waals surface area (Å²) in [4.78, 5) is 0. The predicted molar refractivity (Wildman–Crippen MR) is 36.5 cm³/mol. The molecular weight excluding hydrogens is 130 g/mol. The van der Waals surface area contributed by atoms with E-state index in [4.69, 9.17) is 4.28 Å². The Balaban J connectivity index is 2.58. The van der Waals surface area contributed by atoms with E-state index in [2.05, 4.69) is 11.0 Å². The molecule has 1 heterocycles. The largest absolute Gasteiger partial charge is 0.320 e. The second-order valence-electron chi connectivity index (χ2n) is 1.07. The lowest BCUT2D eigenvalue weighted by Crippen LogP contribution is -1.67. The lowest BCUT2D eigenvalue weighted by Gasteiger charge is -1.83. The molecule has 1 aliphatic rings. The molecule has 40 valence electrons. The molecule has 0 bridgehead atoms. The van der Waals surface area contributed by atoms with Gasteiger partial charge >= 0.3 is 0 Å². The minimum Gasteiger partial charge on any atom is -0.320 e. The summed E-state index contributed by atoms with van der Waals surface area (Å²) in [5.74, 6) is 3.64. The van der Waals surface area contributed by atoms with Gasteiger partial charge in [-0.3, -0.25) is 0 Å². The van der Waals surface area contributed by atoms with Gasteiger partial charge in [0.05, 0.1) is 9.80 Å². The van der Waals surface area contributed by atoms with E-state index in [1.165, 1.54) is 0 Å². The van der Waals surface area contributed by atoms with Gasteiger partial charge in [-0.2, -0.15) is 0 Å². The molecule has 0 N–H and O–H groups in total. The molecule has 7 heavy (non-hydrogen) atoms. The monoisotopic (exact) mass is 135 g/mol. The van der Waals surface area contributed by atoms with Gasteiger partial charge in [-0.05, 0) is 23.6 Å². The Bertz CT molecular complexity index is 131. The van der Waals surface area contributed by atoms with Gasteiger partial charge in [-0.15, -0.1) is 0 Å². The summed E-state index contributed by atoms with van der Waals surface area (Å²) in [6.07, 6.45) is 0. The Kier molecular flexibility index (Phi) is 1.39. The highest BCUT2D eigenvalue weighted by atomic mass is 33.1. The fourth-order valence-electron chi connectivity index (χ4n) is 0.259. The number of rotatable bonds is 0. The van der Waals surface area contributed by atoms with E-state index < -0.39 is 0 Å². The fraction of sp³-hybridized carbons (Fsp3) is 0.333. The summed E-state index contributed by atoms with van der Waals surface area (Å²) in [5, 5.41) is 4.62. The van der Waals surface area contributed by atoms with Crippen LogP contribution in [0, 0.1) is 0 Å². The number of oxime groups is 1. The Morgan fingerprint density at radius 2 is 2.71 bits per heavy atom. The maximum atomic E-state index is 4.73. The van der Waals surface area contributed by atoms with Crippen molar-refractivity contribution in [3.63, 3.8) is 0 Å². The molecule has 1 atom stereocenters. The zero-order valence-corrected chi connectivity index (χ0v) is 5.51. The molecule has 0 aromatic rings. The molecule has 0 amide bonds. The number of nitrogens with zero attached hydrogens (tertiary/aromatic N) is 1. The Morgan fingerprint density at radius 1 is 2.00 bits per heavy atom. The third-order valence-corrected chi connectivity index (χ3v) is 2.67. The van der Waals surface area contributed by atoms with Crippen molar-refractivity contribution >= 4 is 31.5 Å². The van der Waals surface area contributed by atoms with Gasteiger partial charge < -0.3 is 4.28 Å². The van der Waals surface area contributed by atoms with E-state index >= 15 is 0 Å². The highest BCUT2D eigenvalue weighted by Crippen LogP contribution is 2.36. The van der Waals surface area contributed by atoms with Crippen LogP contribution >= 0.6 is 20.6 Å². The van der Waals surface area contributed by atoms with Crippen molar-refractivity contribution in [2.75, 3.05) is 0 Å². The van der Waals surface area contributed by atoms with Crippen LogP contribution in [0.5, 0.6) is 0 Å². The second-order valence-corrected chi connectivity index (χ2v) is 4.20. The Morgan fingerprint density at radius 3 is 2.86 bits per heavy atom. The molecule has 1 rings (SSSR count). The maximum Gasteiger partial charge on any atom is 0.124 e. The van der Waals surface area contributed by atoms with Crippen LogP contribution in [0.3, 0.4) is 0 Å². The summed E-state index contributed by atoms with van der Waals surface area (Å²) in [6.45, 7) is 1.91. The molecule has 0 saturated carbocycles. The summed E-state index contributed by atoms with van der Waals surface area (Å²) < 4.78 is 4.73. The van der Waals surface area contributed by atoms with Crippen molar-refractivity contribution in [1.29, 1.82) is 0 Å². The predicted octanol–water partition coefficient (Wildman–Crippen LogP) is 1.61. The number of hydrogen-bond donors (Lipinski definition) is 0. The maximum absolute atomic E-state index is 4.73. The summed E-state index contributed by atoms with van der Waals surface area (Å²) in [5.41, 5.74) is 0. The van der Waals surface area contributed by atoms with E-state index in [0.717, 1.165) is 5.04 Å². The molecule has 0 aliphatic carbocycles. The van der Waals surface area contributed by atoms with Crippen LogP contribution in [0.1, 0.15) is 6.92 Å². The molecule has 0 radical (unpaired) electrons. The van der Waals surface area contributed by atoms with Crippen molar-refractivity contribution < 1.29 is 4.28 Å². The van der Waals surface area contributed by atoms with Gasteiger partial charge in [0.15, 0.2) is 0 Å². The molecule has 0 spiro atoms. The normalized spacial score (nSPS) is 29.3. The highest BCUT2D eigenvalue weighted by molar-refractivity contribution is 8.86. The average Bonchev–Trinajstić information content (AvgIpc) is 1.87. The van der Waals surface area contributed by atoms with E-state index in [1.54, 1.807) is 10.8 Å². The minimum absolute atomic E-state index is 0.240.